The summed E-state index contributed by atoms with van der Waals surface area (Å²) < 4.78 is 12.9. The number of anilines is 2. The molecule has 0 unspecified atom stereocenters. The van der Waals surface area contributed by atoms with Gasteiger partial charge in [0.15, 0.2) is 0 Å². The molecule has 0 aromatic heterocycles. The van der Waals surface area contributed by atoms with Crippen molar-refractivity contribution in [3.05, 3.63) is 59.4 Å². The molecule has 1 amide bonds. The van der Waals surface area contributed by atoms with Crippen LogP contribution < -0.4 is 10.6 Å². The molecule has 3 nitrogen and oxygen atoms in total. The van der Waals surface area contributed by atoms with Gasteiger partial charge in [-0.25, -0.2) is 4.39 Å². The van der Waals surface area contributed by atoms with Crippen molar-refractivity contribution in [2.24, 2.45) is 0 Å². The second-order valence-electron chi connectivity index (χ2n) is 4.47. The zero-order chi connectivity index (χ0) is 14.0. The highest BCUT2D eigenvalue weighted by atomic mass is 19.1. The Bertz CT molecular complexity index is 588. The summed E-state index contributed by atoms with van der Waals surface area (Å²) in [6, 6.07) is 11.0. The monoisotopic (exact) mass is 258 g/mol. The lowest BCUT2D eigenvalue weighted by atomic mass is 10.1. The number of hydrogen-bond acceptors (Lipinski definition) is 2. The number of nitrogens with two attached hydrogens (primary N) is 1. The van der Waals surface area contributed by atoms with Gasteiger partial charge in [-0.3, -0.25) is 4.79 Å². The average molecular weight is 258 g/mol. The van der Waals surface area contributed by atoms with E-state index in [1.807, 2.05) is 6.92 Å². The SMILES string of the molecule is Cc1cc(N)cc(C(=O)N(C)c2ccc(F)cc2)c1. The number of carbonyl (C=O) groups excluding carboxylic acids is 1. The van der Waals surface area contributed by atoms with Crippen LogP contribution in [0.2, 0.25) is 0 Å². The molecule has 98 valence electrons. The first-order chi connectivity index (χ1) is 8.97. The van der Waals surface area contributed by atoms with Crippen molar-refractivity contribution in [3.8, 4) is 0 Å². The van der Waals surface area contributed by atoms with Gasteiger partial charge < -0.3 is 10.6 Å². The maximum Gasteiger partial charge on any atom is 0.258 e. The zero-order valence-electron chi connectivity index (χ0n) is 10.9. The Morgan fingerprint density at radius 3 is 2.37 bits per heavy atom. The van der Waals surface area contributed by atoms with Gasteiger partial charge in [-0.2, -0.15) is 0 Å². The minimum atomic E-state index is -0.329. The van der Waals surface area contributed by atoms with E-state index in [4.69, 9.17) is 5.73 Å². The summed E-state index contributed by atoms with van der Waals surface area (Å²) in [5.74, 6) is -0.508. The van der Waals surface area contributed by atoms with Crippen LogP contribution in [0.5, 0.6) is 0 Å². The van der Waals surface area contributed by atoms with E-state index in [1.165, 1.54) is 17.0 Å². The van der Waals surface area contributed by atoms with E-state index in [2.05, 4.69) is 0 Å². The minimum absolute atomic E-state index is 0.179. The molecule has 0 bridgehead atoms. The fourth-order valence-corrected chi connectivity index (χ4v) is 1.91. The van der Waals surface area contributed by atoms with E-state index in [9.17, 15) is 9.18 Å². The van der Waals surface area contributed by atoms with Gasteiger partial charge in [-0.1, -0.05) is 0 Å². The predicted octanol–water partition coefficient (Wildman–Crippen LogP) is 2.99. The van der Waals surface area contributed by atoms with Gasteiger partial charge in [-0.05, 0) is 55.0 Å². The standard InChI is InChI=1S/C15H15FN2O/c1-10-7-11(9-13(17)8-10)15(19)18(2)14-5-3-12(16)4-6-14/h3-9H,17H2,1-2H3. The van der Waals surface area contributed by atoms with Gasteiger partial charge in [0.25, 0.3) is 5.91 Å². The number of rotatable bonds is 2. The Morgan fingerprint density at radius 2 is 1.79 bits per heavy atom. The molecule has 0 aliphatic carbocycles. The van der Waals surface area contributed by atoms with Crippen LogP contribution in [0, 0.1) is 12.7 Å². The molecule has 2 N–H and O–H groups in total. The van der Waals surface area contributed by atoms with E-state index in [0.717, 1.165) is 5.56 Å². The molecule has 2 rings (SSSR count). The van der Waals surface area contributed by atoms with Gasteiger partial charge in [0.1, 0.15) is 5.82 Å². The highest BCUT2D eigenvalue weighted by molar-refractivity contribution is 6.06. The number of hydrogen-bond donors (Lipinski definition) is 1. The molecule has 2 aromatic carbocycles. The molecule has 0 spiro atoms. The summed E-state index contributed by atoms with van der Waals surface area (Å²) in [5.41, 5.74) is 8.36. The van der Waals surface area contributed by atoms with E-state index in [-0.39, 0.29) is 11.7 Å². The minimum Gasteiger partial charge on any atom is -0.399 e. The maximum absolute atomic E-state index is 12.9. The first kappa shape index (κ1) is 13.1. The Morgan fingerprint density at radius 1 is 1.16 bits per heavy atom. The number of halogens is 1. The summed E-state index contributed by atoms with van der Waals surface area (Å²) in [6.07, 6.45) is 0. The van der Waals surface area contributed by atoms with Crippen LogP contribution in [0.4, 0.5) is 15.8 Å². The van der Waals surface area contributed by atoms with Crippen LogP contribution in [-0.2, 0) is 0 Å². The second-order valence-corrected chi connectivity index (χ2v) is 4.47. The fraction of sp³-hybridized carbons (Fsp3) is 0.133. The van der Waals surface area contributed by atoms with Crippen LogP contribution in [0.1, 0.15) is 15.9 Å². The summed E-state index contributed by atoms with van der Waals surface area (Å²) >= 11 is 0. The fourth-order valence-electron chi connectivity index (χ4n) is 1.91. The molecule has 2 aromatic rings. The molecular formula is C15H15FN2O. The molecule has 0 saturated carbocycles. The normalized spacial score (nSPS) is 10.3. The van der Waals surface area contributed by atoms with Crippen molar-refractivity contribution >= 4 is 17.3 Å². The third-order valence-electron chi connectivity index (χ3n) is 2.87. The van der Waals surface area contributed by atoms with Crippen LogP contribution >= 0.6 is 0 Å². The molecule has 4 heteroatoms. The third kappa shape index (κ3) is 2.91. The van der Waals surface area contributed by atoms with Gasteiger partial charge in [0.05, 0.1) is 0 Å². The molecule has 0 saturated heterocycles. The Labute approximate surface area is 111 Å². The largest absolute Gasteiger partial charge is 0.399 e. The summed E-state index contributed by atoms with van der Waals surface area (Å²) in [7, 11) is 1.65. The van der Waals surface area contributed by atoms with Crippen molar-refractivity contribution in [1.29, 1.82) is 0 Å². The Kier molecular flexibility index (Phi) is 3.51. The van der Waals surface area contributed by atoms with Crippen LogP contribution in [0.25, 0.3) is 0 Å². The lowest BCUT2D eigenvalue weighted by molar-refractivity contribution is 0.0993. The van der Waals surface area contributed by atoms with Crippen molar-refractivity contribution in [2.45, 2.75) is 6.92 Å². The lowest BCUT2D eigenvalue weighted by Crippen LogP contribution is -2.26. The first-order valence-corrected chi connectivity index (χ1v) is 5.88. The molecule has 0 radical (unpaired) electrons. The Hall–Kier alpha value is -2.36. The van der Waals surface area contributed by atoms with E-state index < -0.39 is 0 Å². The molecule has 0 atom stereocenters. The molecule has 0 fully saturated rings. The summed E-state index contributed by atoms with van der Waals surface area (Å²) in [5, 5.41) is 0. The molecule has 0 aliphatic rings. The van der Waals surface area contributed by atoms with Crippen molar-refractivity contribution in [2.75, 3.05) is 17.7 Å². The zero-order valence-corrected chi connectivity index (χ0v) is 10.9. The smallest absolute Gasteiger partial charge is 0.258 e. The first-order valence-electron chi connectivity index (χ1n) is 5.88. The predicted molar refractivity (Wildman–Crippen MR) is 74.7 cm³/mol. The van der Waals surface area contributed by atoms with Crippen molar-refractivity contribution in [1.82, 2.24) is 0 Å². The lowest BCUT2D eigenvalue weighted by Gasteiger charge is -2.18. The van der Waals surface area contributed by atoms with Crippen LogP contribution in [0.15, 0.2) is 42.5 Å². The van der Waals surface area contributed by atoms with E-state index in [1.54, 1.807) is 37.4 Å². The quantitative estimate of drug-likeness (QED) is 0.842. The molecular weight excluding hydrogens is 243 g/mol. The van der Waals surface area contributed by atoms with Gasteiger partial charge >= 0.3 is 0 Å². The molecule has 0 heterocycles. The topological polar surface area (TPSA) is 46.3 Å². The second kappa shape index (κ2) is 5.10. The van der Waals surface area contributed by atoms with E-state index >= 15 is 0 Å². The van der Waals surface area contributed by atoms with Gasteiger partial charge in [0.2, 0.25) is 0 Å². The number of carbonyl (C=O) groups is 1. The number of benzene rings is 2. The van der Waals surface area contributed by atoms with Crippen molar-refractivity contribution in [3.63, 3.8) is 0 Å². The number of nitrogen functional groups attached to an aromatic ring is 1. The molecule has 0 aliphatic heterocycles. The van der Waals surface area contributed by atoms with Crippen LogP contribution in [-0.4, -0.2) is 13.0 Å². The summed E-state index contributed by atoms with van der Waals surface area (Å²) in [4.78, 5) is 13.8. The average Bonchev–Trinajstić information content (AvgIpc) is 2.37. The highest BCUT2D eigenvalue weighted by Gasteiger charge is 2.14. The van der Waals surface area contributed by atoms with Crippen LogP contribution in [0.3, 0.4) is 0 Å². The van der Waals surface area contributed by atoms with E-state index in [0.29, 0.717) is 16.9 Å². The van der Waals surface area contributed by atoms with Gasteiger partial charge in [-0.15, -0.1) is 0 Å². The Balaban J connectivity index is 2.30. The van der Waals surface area contributed by atoms with Crippen molar-refractivity contribution < 1.29 is 9.18 Å². The number of amides is 1. The van der Waals surface area contributed by atoms with Gasteiger partial charge in [0, 0.05) is 24.0 Å². The summed E-state index contributed by atoms with van der Waals surface area (Å²) in [6.45, 7) is 1.88. The number of aryl methyl sites for hydroxylation is 1. The maximum atomic E-state index is 12.9. The molecule has 19 heavy (non-hydrogen) atoms. The number of nitrogens with zero attached hydrogens (tertiary/aromatic N) is 1. The third-order valence-corrected chi connectivity index (χ3v) is 2.87. The highest BCUT2D eigenvalue weighted by Crippen LogP contribution is 2.18.